The molecule has 170 valence electrons. The van der Waals surface area contributed by atoms with Gasteiger partial charge in [0.1, 0.15) is 0 Å². The molecular weight excluding hydrogens is 404 g/mol. The fourth-order valence-corrected chi connectivity index (χ4v) is 3.86. The number of hydrogen-bond donors (Lipinski definition) is 2. The molecule has 2 aromatic rings. The van der Waals surface area contributed by atoms with E-state index in [9.17, 15) is 14.4 Å². The molecular formula is C25H32N4O3. The first-order valence-electron chi connectivity index (χ1n) is 11.2. The molecule has 1 aliphatic heterocycles. The monoisotopic (exact) mass is 436 g/mol. The number of nitrogens with zero attached hydrogens (tertiary/aromatic N) is 2. The summed E-state index contributed by atoms with van der Waals surface area (Å²) in [6.07, 6.45) is 1.13. The van der Waals surface area contributed by atoms with Gasteiger partial charge in [0.25, 0.3) is 5.91 Å². The summed E-state index contributed by atoms with van der Waals surface area (Å²) in [5.41, 5.74) is 3.52. The second kappa shape index (κ2) is 11.4. The van der Waals surface area contributed by atoms with Crippen LogP contribution in [0.25, 0.3) is 0 Å². The predicted octanol–water partition coefficient (Wildman–Crippen LogP) is 2.46. The predicted molar refractivity (Wildman–Crippen MR) is 126 cm³/mol. The van der Waals surface area contributed by atoms with Gasteiger partial charge in [0.2, 0.25) is 11.8 Å². The summed E-state index contributed by atoms with van der Waals surface area (Å²) in [5, 5.41) is 5.82. The molecule has 0 radical (unpaired) electrons. The van der Waals surface area contributed by atoms with Crippen molar-refractivity contribution in [2.75, 3.05) is 44.6 Å². The van der Waals surface area contributed by atoms with Crippen LogP contribution in [0.1, 0.15) is 34.8 Å². The SMILES string of the molecule is CCc1ccccc1NC(=O)CN1CCN(C(=O)CCNC(=O)c2ccccc2C)CC1. The highest BCUT2D eigenvalue weighted by atomic mass is 16.2. The number of hydrogen-bond acceptors (Lipinski definition) is 4. The van der Waals surface area contributed by atoms with Crippen LogP contribution in [0, 0.1) is 6.92 Å². The Labute approximate surface area is 189 Å². The van der Waals surface area contributed by atoms with E-state index in [-0.39, 0.29) is 24.1 Å². The Morgan fingerprint density at radius 3 is 2.34 bits per heavy atom. The lowest BCUT2D eigenvalue weighted by molar-refractivity contribution is -0.132. The van der Waals surface area contributed by atoms with Gasteiger partial charge in [0.05, 0.1) is 6.54 Å². The molecule has 2 N–H and O–H groups in total. The Bertz CT molecular complexity index is 952. The molecule has 7 heteroatoms. The van der Waals surface area contributed by atoms with Crippen LogP contribution < -0.4 is 10.6 Å². The Hall–Kier alpha value is -3.19. The highest BCUT2D eigenvalue weighted by Crippen LogP contribution is 2.15. The van der Waals surface area contributed by atoms with E-state index in [1.165, 1.54) is 0 Å². The van der Waals surface area contributed by atoms with Crippen molar-refractivity contribution < 1.29 is 14.4 Å². The van der Waals surface area contributed by atoms with Crippen LogP contribution in [0.4, 0.5) is 5.69 Å². The maximum absolute atomic E-state index is 12.5. The van der Waals surface area contributed by atoms with Gasteiger partial charge < -0.3 is 15.5 Å². The average molecular weight is 437 g/mol. The summed E-state index contributed by atoms with van der Waals surface area (Å²) in [7, 11) is 0. The number of anilines is 1. The van der Waals surface area contributed by atoms with Crippen molar-refractivity contribution in [2.45, 2.75) is 26.7 Å². The van der Waals surface area contributed by atoms with Crippen molar-refractivity contribution >= 4 is 23.4 Å². The molecule has 1 aliphatic rings. The van der Waals surface area contributed by atoms with E-state index in [1.54, 1.807) is 11.0 Å². The minimum atomic E-state index is -0.156. The molecule has 0 spiro atoms. The van der Waals surface area contributed by atoms with Crippen LogP contribution in [-0.4, -0.2) is 66.8 Å². The summed E-state index contributed by atoms with van der Waals surface area (Å²) in [4.78, 5) is 41.1. The first kappa shape index (κ1) is 23.5. The highest BCUT2D eigenvalue weighted by Gasteiger charge is 2.22. The van der Waals surface area contributed by atoms with Crippen molar-refractivity contribution in [3.8, 4) is 0 Å². The summed E-state index contributed by atoms with van der Waals surface area (Å²) in [6.45, 7) is 7.07. The zero-order valence-electron chi connectivity index (χ0n) is 18.9. The summed E-state index contributed by atoms with van der Waals surface area (Å²) in [5.74, 6) is -0.169. The first-order chi connectivity index (χ1) is 15.5. The molecule has 1 fully saturated rings. The summed E-state index contributed by atoms with van der Waals surface area (Å²) < 4.78 is 0. The third-order valence-corrected chi connectivity index (χ3v) is 5.78. The van der Waals surface area contributed by atoms with Crippen molar-refractivity contribution in [3.05, 3.63) is 65.2 Å². The second-order valence-corrected chi connectivity index (χ2v) is 8.04. The van der Waals surface area contributed by atoms with E-state index in [0.29, 0.717) is 44.8 Å². The second-order valence-electron chi connectivity index (χ2n) is 8.04. The van der Waals surface area contributed by atoms with Crippen LogP contribution in [0.3, 0.4) is 0 Å². The molecule has 2 aromatic carbocycles. The first-order valence-corrected chi connectivity index (χ1v) is 11.2. The summed E-state index contributed by atoms with van der Waals surface area (Å²) in [6, 6.07) is 15.2. The fourth-order valence-electron chi connectivity index (χ4n) is 3.86. The van der Waals surface area contributed by atoms with Crippen LogP contribution >= 0.6 is 0 Å². The van der Waals surface area contributed by atoms with E-state index in [1.807, 2.05) is 49.4 Å². The quantitative estimate of drug-likeness (QED) is 0.666. The molecule has 3 rings (SSSR count). The molecule has 7 nitrogen and oxygen atoms in total. The van der Waals surface area contributed by atoms with E-state index in [4.69, 9.17) is 0 Å². The standard InChI is InChI=1S/C25H32N4O3/c1-3-20-9-5-7-11-22(20)27-23(30)18-28-14-16-29(17-15-28)24(31)12-13-26-25(32)21-10-6-4-8-19(21)2/h4-11H,3,12-18H2,1-2H3,(H,26,32)(H,27,30). The normalized spacial score (nSPS) is 14.1. The number of carbonyl (C=O) groups is 3. The molecule has 1 saturated heterocycles. The zero-order valence-corrected chi connectivity index (χ0v) is 18.9. The number of aryl methyl sites for hydroxylation is 2. The maximum atomic E-state index is 12.5. The molecule has 0 atom stereocenters. The van der Waals surface area contributed by atoms with Gasteiger partial charge in [-0.25, -0.2) is 0 Å². The van der Waals surface area contributed by atoms with Gasteiger partial charge in [-0.05, 0) is 36.6 Å². The third-order valence-electron chi connectivity index (χ3n) is 5.78. The summed E-state index contributed by atoms with van der Waals surface area (Å²) >= 11 is 0. The zero-order chi connectivity index (χ0) is 22.9. The molecule has 3 amide bonds. The van der Waals surface area contributed by atoms with Crippen LogP contribution in [0.15, 0.2) is 48.5 Å². The number of para-hydroxylation sites is 1. The highest BCUT2D eigenvalue weighted by molar-refractivity contribution is 5.95. The number of amides is 3. The van der Waals surface area contributed by atoms with E-state index >= 15 is 0 Å². The Kier molecular flexibility index (Phi) is 8.39. The molecule has 0 unspecified atom stereocenters. The number of benzene rings is 2. The maximum Gasteiger partial charge on any atom is 0.251 e. The molecule has 0 aliphatic carbocycles. The van der Waals surface area contributed by atoms with Gasteiger partial charge in [-0.3, -0.25) is 19.3 Å². The topological polar surface area (TPSA) is 81.8 Å². The van der Waals surface area contributed by atoms with E-state index in [0.717, 1.165) is 23.2 Å². The van der Waals surface area contributed by atoms with Crippen LogP contribution in [-0.2, 0) is 16.0 Å². The van der Waals surface area contributed by atoms with Crippen molar-refractivity contribution in [2.24, 2.45) is 0 Å². The lowest BCUT2D eigenvalue weighted by atomic mass is 10.1. The Balaban J connectivity index is 1.37. The number of nitrogens with one attached hydrogen (secondary N) is 2. The van der Waals surface area contributed by atoms with Crippen LogP contribution in [0.2, 0.25) is 0 Å². The molecule has 1 heterocycles. The fraction of sp³-hybridized carbons (Fsp3) is 0.400. The van der Waals surface area contributed by atoms with Gasteiger partial charge in [-0.1, -0.05) is 43.3 Å². The third kappa shape index (κ3) is 6.40. The lowest BCUT2D eigenvalue weighted by Crippen LogP contribution is -2.50. The largest absolute Gasteiger partial charge is 0.352 e. The van der Waals surface area contributed by atoms with Crippen molar-refractivity contribution in [1.29, 1.82) is 0 Å². The number of rotatable bonds is 8. The molecule has 32 heavy (non-hydrogen) atoms. The van der Waals surface area contributed by atoms with Crippen LogP contribution in [0.5, 0.6) is 0 Å². The molecule has 0 bridgehead atoms. The Morgan fingerprint density at radius 1 is 0.938 bits per heavy atom. The van der Waals surface area contributed by atoms with E-state index in [2.05, 4.69) is 22.5 Å². The van der Waals surface area contributed by atoms with Gasteiger partial charge in [-0.15, -0.1) is 0 Å². The van der Waals surface area contributed by atoms with Gasteiger partial charge >= 0.3 is 0 Å². The molecule has 0 aromatic heterocycles. The number of piperazine rings is 1. The number of carbonyl (C=O) groups excluding carboxylic acids is 3. The van der Waals surface area contributed by atoms with Crippen molar-refractivity contribution in [1.82, 2.24) is 15.1 Å². The minimum absolute atomic E-state index is 0.0241. The van der Waals surface area contributed by atoms with Gasteiger partial charge in [0, 0.05) is 50.4 Å². The average Bonchev–Trinajstić information content (AvgIpc) is 2.80. The smallest absolute Gasteiger partial charge is 0.251 e. The lowest BCUT2D eigenvalue weighted by Gasteiger charge is -2.34. The Morgan fingerprint density at radius 2 is 1.62 bits per heavy atom. The van der Waals surface area contributed by atoms with Crippen molar-refractivity contribution in [3.63, 3.8) is 0 Å². The minimum Gasteiger partial charge on any atom is -0.352 e. The van der Waals surface area contributed by atoms with Gasteiger partial charge in [-0.2, -0.15) is 0 Å². The van der Waals surface area contributed by atoms with E-state index < -0.39 is 0 Å². The van der Waals surface area contributed by atoms with Gasteiger partial charge in [0.15, 0.2) is 0 Å². The molecule has 0 saturated carbocycles.